The van der Waals surface area contributed by atoms with Gasteiger partial charge in [-0.2, -0.15) is 22.0 Å². The van der Waals surface area contributed by atoms with E-state index in [1.807, 2.05) is 24.5 Å². The number of hydrogen-bond acceptors (Lipinski definition) is 4. The van der Waals surface area contributed by atoms with E-state index in [1.165, 1.54) is 5.56 Å². The highest BCUT2D eigenvalue weighted by Crippen LogP contribution is 2.24. The lowest BCUT2D eigenvalue weighted by Gasteiger charge is -2.08. The molecule has 1 atom stereocenters. The fraction of sp³-hybridized carbons (Fsp3) is 0.300. The Kier molecular flexibility index (Phi) is 11.4. The Bertz CT molecular complexity index is 1070. The van der Waals surface area contributed by atoms with Crippen LogP contribution in [0.25, 0.3) is 16.0 Å². The summed E-state index contributed by atoms with van der Waals surface area (Å²) in [4.78, 5) is 2.70. The lowest BCUT2D eigenvalue weighted by atomic mass is 10.1. The number of azide groups is 1. The summed E-state index contributed by atoms with van der Waals surface area (Å²) in [5.74, 6) is 1.25. The van der Waals surface area contributed by atoms with Gasteiger partial charge in [-0.15, -0.1) is 0 Å². The van der Waals surface area contributed by atoms with Crippen LogP contribution in [0.5, 0.6) is 0 Å². The molecule has 0 bridgehead atoms. The average molecular weight is 510 g/mol. The predicted molar refractivity (Wildman–Crippen MR) is 117 cm³/mol. The molecule has 33 heavy (non-hydrogen) atoms. The highest BCUT2D eigenvalue weighted by molar-refractivity contribution is 7.96. The average Bonchev–Trinajstić information content (AvgIpc) is 2.74. The minimum absolute atomic E-state index is 0.106. The summed E-state index contributed by atoms with van der Waals surface area (Å²) in [5, 5.41) is 3.47. The zero-order valence-electron chi connectivity index (χ0n) is 17.3. The third-order valence-corrected chi connectivity index (χ3v) is 6.35. The number of alkyl halides is 3. The molecule has 0 spiro atoms. The fourth-order valence-electron chi connectivity index (χ4n) is 2.43. The van der Waals surface area contributed by atoms with Crippen LogP contribution in [0.1, 0.15) is 16.7 Å². The predicted octanol–water partition coefficient (Wildman–Crippen LogP) is 5.65. The van der Waals surface area contributed by atoms with Crippen LogP contribution in [0.4, 0.5) is 22.0 Å². The van der Waals surface area contributed by atoms with Crippen molar-refractivity contribution in [1.29, 1.82) is 0 Å². The largest absolute Gasteiger partial charge is 0.741 e. The van der Waals surface area contributed by atoms with Crippen molar-refractivity contribution >= 4 is 26.6 Å². The SMILES string of the molecule is C[S+](CCc1ccccc1)CC(=C(F)F)c1ccc(CN=[N+]=[N-])cc1.O=S(=O)([O-])C(F)(F)F. The van der Waals surface area contributed by atoms with Crippen LogP contribution in [0.3, 0.4) is 0 Å². The molecule has 0 heterocycles. The van der Waals surface area contributed by atoms with Crippen molar-refractivity contribution < 1.29 is 34.9 Å². The molecule has 0 radical (unpaired) electrons. The molecule has 180 valence electrons. The van der Waals surface area contributed by atoms with Gasteiger partial charge in [0.1, 0.15) is 11.5 Å². The van der Waals surface area contributed by atoms with E-state index in [0.717, 1.165) is 17.7 Å². The summed E-state index contributed by atoms with van der Waals surface area (Å²) in [5.41, 5.74) is 5.36. The zero-order chi connectivity index (χ0) is 25.1. The van der Waals surface area contributed by atoms with Gasteiger partial charge in [-0.3, -0.25) is 0 Å². The molecule has 2 aromatic carbocycles. The van der Waals surface area contributed by atoms with Crippen molar-refractivity contribution in [2.75, 3.05) is 17.8 Å². The van der Waals surface area contributed by atoms with Crippen LogP contribution in [0.15, 0.2) is 65.8 Å². The molecule has 13 heteroatoms. The quantitative estimate of drug-likeness (QED) is 0.0873. The monoisotopic (exact) mass is 509 g/mol. The molecule has 0 saturated heterocycles. The van der Waals surface area contributed by atoms with Crippen molar-refractivity contribution in [3.8, 4) is 0 Å². The Labute approximate surface area is 190 Å². The minimum Gasteiger partial charge on any atom is -0.741 e. The van der Waals surface area contributed by atoms with Crippen molar-refractivity contribution in [2.45, 2.75) is 18.5 Å². The fourth-order valence-corrected chi connectivity index (χ4v) is 3.92. The van der Waals surface area contributed by atoms with Crippen LogP contribution >= 0.6 is 0 Å². The second kappa shape index (κ2) is 13.2. The van der Waals surface area contributed by atoms with Gasteiger partial charge in [0.15, 0.2) is 10.1 Å². The molecule has 0 saturated carbocycles. The van der Waals surface area contributed by atoms with Gasteiger partial charge in [-0.1, -0.05) is 59.7 Å². The molecule has 1 unspecified atom stereocenters. The maximum Gasteiger partial charge on any atom is 0.485 e. The van der Waals surface area contributed by atoms with E-state index in [1.54, 1.807) is 24.3 Å². The van der Waals surface area contributed by atoms with Crippen molar-refractivity contribution in [2.24, 2.45) is 5.11 Å². The van der Waals surface area contributed by atoms with E-state index < -0.39 is 21.7 Å². The van der Waals surface area contributed by atoms with Gasteiger partial charge in [0, 0.05) is 11.3 Å². The molecule has 0 aliphatic heterocycles. The topological polar surface area (TPSA) is 106 Å². The molecule has 2 aromatic rings. The van der Waals surface area contributed by atoms with Crippen LogP contribution in [-0.2, 0) is 34.0 Å². The Morgan fingerprint density at radius 1 is 1.06 bits per heavy atom. The van der Waals surface area contributed by atoms with Gasteiger partial charge in [-0.05, 0) is 33.1 Å². The smallest absolute Gasteiger partial charge is 0.485 e. The van der Waals surface area contributed by atoms with Crippen molar-refractivity contribution in [3.63, 3.8) is 0 Å². The zero-order valence-corrected chi connectivity index (χ0v) is 18.9. The first-order chi connectivity index (χ1) is 15.3. The van der Waals surface area contributed by atoms with Crippen molar-refractivity contribution in [1.82, 2.24) is 0 Å². The van der Waals surface area contributed by atoms with E-state index in [-0.39, 0.29) is 23.0 Å². The van der Waals surface area contributed by atoms with E-state index in [9.17, 15) is 22.0 Å². The maximum absolute atomic E-state index is 13.4. The third-order valence-electron chi connectivity index (χ3n) is 4.10. The second-order valence-corrected chi connectivity index (χ2v) is 10.2. The number of halogens is 5. The van der Waals surface area contributed by atoms with Gasteiger partial charge in [0.2, 0.25) is 0 Å². The van der Waals surface area contributed by atoms with E-state index in [0.29, 0.717) is 11.3 Å². The first-order valence-electron chi connectivity index (χ1n) is 9.14. The highest BCUT2D eigenvalue weighted by Gasteiger charge is 2.36. The van der Waals surface area contributed by atoms with Gasteiger partial charge in [0.05, 0.1) is 18.4 Å². The van der Waals surface area contributed by atoms with Gasteiger partial charge < -0.3 is 4.55 Å². The first kappa shape index (κ1) is 28.4. The second-order valence-electron chi connectivity index (χ2n) is 6.59. The number of hydrogen-bond donors (Lipinski definition) is 0. The maximum atomic E-state index is 13.4. The molecule has 0 aromatic heterocycles. The lowest BCUT2D eigenvalue weighted by molar-refractivity contribution is -0.0517. The Morgan fingerprint density at radius 2 is 1.61 bits per heavy atom. The Morgan fingerprint density at radius 3 is 2.06 bits per heavy atom. The molecule has 0 fully saturated rings. The van der Waals surface area contributed by atoms with E-state index in [4.69, 9.17) is 18.5 Å². The Balaban J connectivity index is 0.000000582. The molecular weight excluding hydrogens is 489 g/mol. The summed E-state index contributed by atoms with van der Waals surface area (Å²) in [6.07, 6.45) is 1.30. The number of aryl methyl sites for hydroxylation is 1. The third kappa shape index (κ3) is 10.7. The normalized spacial score (nSPS) is 12.1. The number of nitrogens with zero attached hydrogens (tertiary/aromatic N) is 3. The Hall–Kier alpha value is -2.60. The molecule has 0 aliphatic rings. The van der Waals surface area contributed by atoms with Gasteiger partial charge >= 0.3 is 5.51 Å². The number of benzene rings is 2. The molecule has 0 aliphatic carbocycles. The van der Waals surface area contributed by atoms with E-state index in [2.05, 4.69) is 22.2 Å². The van der Waals surface area contributed by atoms with E-state index >= 15 is 0 Å². The highest BCUT2D eigenvalue weighted by atomic mass is 32.2. The number of rotatable bonds is 8. The van der Waals surface area contributed by atoms with Gasteiger partial charge in [-0.25, -0.2) is 8.42 Å². The summed E-state index contributed by atoms with van der Waals surface area (Å²) in [6.45, 7) is 0.225. The van der Waals surface area contributed by atoms with Crippen molar-refractivity contribution in [3.05, 3.63) is 87.8 Å². The van der Waals surface area contributed by atoms with Gasteiger partial charge in [0.25, 0.3) is 6.08 Å². The molecule has 0 N–H and O–H groups in total. The van der Waals surface area contributed by atoms with Crippen LogP contribution in [0, 0.1) is 0 Å². The van der Waals surface area contributed by atoms with Crippen LogP contribution in [0.2, 0.25) is 0 Å². The summed E-state index contributed by atoms with van der Waals surface area (Å²) in [6, 6.07) is 16.9. The van der Waals surface area contributed by atoms with Crippen LogP contribution < -0.4 is 0 Å². The lowest BCUT2D eigenvalue weighted by Crippen LogP contribution is -2.21. The summed E-state index contributed by atoms with van der Waals surface area (Å²) in [7, 11) is -6.23. The van der Waals surface area contributed by atoms with Crippen LogP contribution in [-0.4, -0.2) is 36.2 Å². The molecular formula is C20H20F5N3O3S2. The first-order valence-corrected chi connectivity index (χ1v) is 12.5. The molecule has 2 rings (SSSR count). The standard InChI is InChI=1S/C19H20F2N3S.CHF3O3S/c1-25(12-11-15-5-3-2-4-6-15)14-18(19(20)21)17-9-7-16(8-10-17)13-23-24-22;2-1(3,4)8(5,6)7/h2-10H,11-14H2,1H3;(H,5,6,7)/q+1;/p-1. The summed E-state index contributed by atoms with van der Waals surface area (Å²) < 4.78 is 85.8. The molecule has 0 amide bonds. The minimum atomic E-state index is -6.09. The summed E-state index contributed by atoms with van der Waals surface area (Å²) >= 11 is 0. The molecule has 6 nitrogen and oxygen atoms in total.